The number of hydrogen-bond donors (Lipinski definition) is 0. The number of alkyl halides is 2. The van der Waals surface area contributed by atoms with Crippen molar-refractivity contribution in [3.05, 3.63) is 29.8 Å². The zero-order valence-corrected chi connectivity index (χ0v) is 16.4. The molecule has 0 bridgehead atoms. The van der Waals surface area contributed by atoms with Crippen molar-refractivity contribution in [2.24, 2.45) is 0 Å². The molecular formula is C17H25F2NO5S. The molecule has 0 unspecified atom stereocenters. The smallest absolute Gasteiger partial charge is 0.410 e. The molecule has 1 amide bonds. The second-order valence-electron chi connectivity index (χ2n) is 7.03. The molecule has 26 heavy (non-hydrogen) atoms. The monoisotopic (exact) mass is 393 g/mol. The molecule has 0 spiro atoms. The van der Waals surface area contributed by atoms with Gasteiger partial charge in [-0.15, -0.1) is 0 Å². The summed E-state index contributed by atoms with van der Waals surface area (Å²) in [4.78, 5) is 12.4. The van der Waals surface area contributed by atoms with Crippen LogP contribution in [0.1, 0.15) is 32.8 Å². The Morgan fingerprint density at radius 3 is 2.19 bits per heavy atom. The summed E-state index contributed by atoms with van der Waals surface area (Å²) in [6, 6.07) is 5.86. The lowest BCUT2D eigenvalue weighted by Crippen LogP contribution is -2.41. The van der Waals surface area contributed by atoms with Gasteiger partial charge in [-0.05, 0) is 39.8 Å². The van der Waals surface area contributed by atoms with Gasteiger partial charge in [0.05, 0.1) is 18.0 Å². The molecule has 6 nitrogen and oxygen atoms in total. The fourth-order valence-electron chi connectivity index (χ4n) is 1.90. The largest absolute Gasteiger partial charge is 0.444 e. The van der Waals surface area contributed by atoms with Crippen LogP contribution < -0.4 is 0 Å². The third-order valence-electron chi connectivity index (χ3n) is 3.19. The van der Waals surface area contributed by atoms with E-state index in [1.807, 2.05) is 0 Å². The third kappa shape index (κ3) is 7.65. The van der Waals surface area contributed by atoms with Gasteiger partial charge >= 0.3 is 6.09 Å². The number of carbonyl (C=O) groups excluding carboxylic acids is 1. The molecule has 0 aliphatic carbocycles. The maximum Gasteiger partial charge on any atom is 0.410 e. The Morgan fingerprint density at radius 2 is 1.69 bits per heavy atom. The van der Waals surface area contributed by atoms with E-state index in [2.05, 4.69) is 4.18 Å². The summed E-state index contributed by atoms with van der Waals surface area (Å²) in [5.74, 6) is -3.32. The number of carbonyl (C=O) groups is 1. The Kier molecular flexibility index (Phi) is 7.12. The zero-order chi connectivity index (χ0) is 20.2. The highest BCUT2D eigenvalue weighted by Gasteiger charge is 2.34. The van der Waals surface area contributed by atoms with Crippen LogP contribution >= 0.6 is 0 Å². The molecule has 148 valence electrons. The zero-order valence-electron chi connectivity index (χ0n) is 15.6. The molecule has 0 N–H and O–H groups in total. The lowest BCUT2D eigenvalue weighted by Gasteiger charge is -2.27. The van der Waals surface area contributed by atoms with Crippen molar-refractivity contribution in [3.63, 3.8) is 0 Å². The fraction of sp³-hybridized carbons (Fsp3) is 0.588. The van der Waals surface area contributed by atoms with Gasteiger partial charge < -0.3 is 9.64 Å². The molecule has 0 saturated heterocycles. The van der Waals surface area contributed by atoms with Gasteiger partial charge in [0.15, 0.2) is 0 Å². The Hall–Kier alpha value is -1.74. The highest BCUT2D eigenvalue weighted by molar-refractivity contribution is 7.86. The van der Waals surface area contributed by atoms with Crippen LogP contribution in [0.5, 0.6) is 0 Å². The number of amides is 1. The van der Waals surface area contributed by atoms with Crippen LogP contribution in [0, 0.1) is 6.92 Å². The first-order chi connectivity index (χ1) is 11.7. The van der Waals surface area contributed by atoms with Gasteiger partial charge in [-0.3, -0.25) is 4.18 Å². The van der Waals surface area contributed by atoms with Gasteiger partial charge in [0.2, 0.25) is 0 Å². The molecule has 0 atom stereocenters. The third-order valence-corrected chi connectivity index (χ3v) is 4.52. The van der Waals surface area contributed by atoms with E-state index in [-0.39, 0.29) is 4.90 Å². The standard InChI is InChI=1S/C17H25F2NO5S/c1-13-6-8-14(9-7-13)26(22,23)24-11-10-17(18,19)12-20(5)15(21)25-16(2,3)4/h6-9H,10-12H2,1-5H3. The summed E-state index contributed by atoms with van der Waals surface area (Å²) in [5, 5.41) is 0. The summed E-state index contributed by atoms with van der Waals surface area (Å²) in [7, 11) is -2.92. The lowest BCUT2D eigenvalue weighted by atomic mass is 10.2. The number of benzene rings is 1. The Bertz CT molecular complexity index is 712. The van der Waals surface area contributed by atoms with Crippen molar-refractivity contribution in [3.8, 4) is 0 Å². The van der Waals surface area contributed by atoms with Crippen LogP contribution in [0.2, 0.25) is 0 Å². The van der Waals surface area contributed by atoms with Crippen LogP contribution in [0.25, 0.3) is 0 Å². The van der Waals surface area contributed by atoms with Gasteiger partial charge in [0, 0.05) is 13.5 Å². The van der Waals surface area contributed by atoms with Crippen LogP contribution in [0.15, 0.2) is 29.2 Å². The molecular weight excluding hydrogens is 368 g/mol. The molecule has 1 aromatic carbocycles. The first-order valence-corrected chi connectivity index (χ1v) is 9.41. The first-order valence-electron chi connectivity index (χ1n) is 8.00. The number of hydrogen-bond acceptors (Lipinski definition) is 5. The summed E-state index contributed by atoms with van der Waals surface area (Å²) < 4.78 is 61.5. The van der Waals surface area contributed by atoms with E-state index in [0.29, 0.717) is 0 Å². The minimum Gasteiger partial charge on any atom is -0.444 e. The molecule has 1 rings (SSSR count). The Labute approximate surface area is 153 Å². The van der Waals surface area contributed by atoms with Gasteiger partial charge in [-0.1, -0.05) is 17.7 Å². The number of ether oxygens (including phenoxy) is 1. The Morgan fingerprint density at radius 1 is 1.15 bits per heavy atom. The predicted octanol–water partition coefficient (Wildman–Crippen LogP) is 3.59. The summed E-state index contributed by atoms with van der Waals surface area (Å²) in [5.41, 5.74) is 0.0620. The number of nitrogens with zero attached hydrogens (tertiary/aromatic N) is 1. The normalized spacial score (nSPS) is 12.7. The molecule has 0 saturated carbocycles. The highest BCUT2D eigenvalue weighted by atomic mass is 32.2. The molecule has 0 fully saturated rings. The molecule has 0 aliphatic rings. The van der Waals surface area contributed by atoms with Crippen molar-refractivity contribution in [1.29, 1.82) is 0 Å². The average Bonchev–Trinajstić information content (AvgIpc) is 2.44. The Balaban J connectivity index is 2.57. The maximum atomic E-state index is 14.0. The van der Waals surface area contributed by atoms with Crippen LogP contribution in [-0.2, 0) is 19.0 Å². The SMILES string of the molecule is Cc1ccc(S(=O)(=O)OCCC(F)(F)CN(C)C(=O)OC(C)(C)C)cc1. The van der Waals surface area contributed by atoms with E-state index >= 15 is 0 Å². The predicted molar refractivity (Wildman–Crippen MR) is 92.7 cm³/mol. The van der Waals surface area contributed by atoms with E-state index in [1.165, 1.54) is 19.2 Å². The van der Waals surface area contributed by atoms with Gasteiger partial charge in [0.1, 0.15) is 5.60 Å². The number of rotatable bonds is 7. The van der Waals surface area contributed by atoms with E-state index in [4.69, 9.17) is 4.74 Å². The minimum atomic E-state index is -4.11. The maximum absolute atomic E-state index is 14.0. The molecule has 0 aliphatic heterocycles. The fourth-order valence-corrected chi connectivity index (χ4v) is 2.81. The summed E-state index contributed by atoms with van der Waals surface area (Å²) in [6.07, 6.45) is -1.74. The summed E-state index contributed by atoms with van der Waals surface area (Å²) >= 11 is 0. The van der Waals surface area contributed by atoms with Gasteiger partial charge in [-0.25, -0.2) is 13.6 Å². The van der Waals surface area contributed by atoms with Crippen molar-refractivity contribution >= 4 is 16.2 Å². The number of halogens is 2. The molecule has 0 aromatic heterocycles. The summed E-state index contributed by atoms with van der Waals surface area (Å²) in [6.45, 7) is 5.06. The highest BCUT2D eigenvalue weighted by Crippen LogP contribution is 2.22. The average molecular weight is 393 g/mol. The van der Waals surface area contributed by atoms with Crippen molar-refractivity contribution < 1.29 is 30.9 Å². The van der Waals surface area contributed by atoms with Crippen LogP contribution in [0.3, 0.4) is 0 Å². The van der Waals surface area contributed by atoms with Gasteiger partial charge in [0.25, 0.3) is 16.0 Å². The van der Waals surface area contributed by atoms with E-state index in [9.17, 15) is 22.0 Å². The molecule has 0 heterocycles. The van der Waals surface area contributed by atoms with E-state index in [1.54, 1.807) is 39.8 Å². The van der Waals surface area contributed by atoms with E-state index in [0.717, 1.165) is 10.5 Å². The molecule has 9 heteroatoms. The second-order valence-corrected chi connectivity index (χ2v) is 8.65. The van der Waals surface area contributed by atoms with Gasteiger partial charge in [-0.2, -0.15) is 8.42 Å². The van der Waals surface area contributed by atoms with Crippen LogP contribution in [0.4, 0.5) is 13.6 Å². The van der Waals surface area contributed by atoms with Crippen molar-refractivity contribution in [2.45, 2.75) is 50.5 Å². The number of aryl methyl sites for hydroxylation is 1. The van der Waals surface area contributed by atoms with Crippen molar-refractivity contribution in [2.75, 3.05) is 20.2 Å². The lowest BCUT2D eigenvalue weighted by molar-refractivity contribution is -0.0483. The topological polar surface area (TPSA) is 72.9 Å². The quantitative estimate of drug-likeness (QED) is 0.662. The minimum absolute atomic E-state index is 0.0997. The first kappa shape index (κ1) is 22.3. The second kappa shape index (κ2) is 8.30. The molecule has 0 radical (unpaired) electrons. The van der Waals surface area contributed by atoms with E-state index < -0.39 is 47.3 Å². The molecule has 1 aromatic rings. The van der Waals surface area contributed by atoms with Crippen LogP contribution in [-0.4, -0.2) is 51.1 Å². The van der Waals surface area contributed by atoms with Crippen molar-refractivity contribution in [1.82, 2.24) is 4.90 Å².